The van der Waals surface area contributed by atoms with E-state index in [1.807, 2.05) is 31.2 Å². The summed E-state index contributed by atoms with van der Waals surface area (Å²) >= 11 is 12.2. The van der Waals surface area contributed by atoms with Crippen molar-refractivity contribution in [2.45, 2.75) is 6.92 Å². The van der Waals surface area contributed by atoms with Gasteiger partial charge in [0.2, 0.25) is 5.90 Å². The van der Waals surface area contributed by atoms with Crippen LogP contribution in [0.3, 0.4) is 0 Å². The predicted molar refractivity (Wildman–Crippen MR) is 88.2 cm³/mol. The first-order valence-electron chi connectivity index (χ1n) is 6.59. The molecule has 22 heavy (non-hydrogen) atoms. The third-order valence-corrected chi connectivity index (χ3v) is 3.94. The highest BCUT2D eigenvalue weighted by Crippen LogP contribution is 2.29. The van der Waals surface area contributed by atoms with Crippen LogP contribution in [-0.4, -0.2) is 11.9 Å². The monoisotopic (exact) mass is 331 g/mol. The third-order valence-electron chi connectivity index (χ3n) is 3.28. The van der Waals surface area contributed by atoms with Gasteiger partial charge in [0.15, 0.2) is 5.70 Å². The molecule has 3 rings (SSSR count). The lowest BCUT2D eigenvalue weighted by molar-refractivity contribution is -0.129. The third kappa shape index (κ3) is 2.78. The van der Waals surface area contributed by atoms with E-state index in [9.17, 15) is 4.79 Å². The van der Waals surface area contributed by atoms with Crippen LogP contribution in [0, 0.1) is 6.92 Å². The van der Waals surface area contributed by atoms with Gasteiger partial charge in [-0.15, -0.1) is 0 Å². The first-order chi connectivity index (χ1) is 10.6. The van der Waals surface area contributed by atoms with Crippen molar-refractivity contribution in [2.75, 3.05) is 0 Å². The molecule has 3 nitrogen and oxygen atoms in total. The smallest absolute Gasteiger partial charge is 0.363 e. The van der Waals surface area contributed by atoms with E-state index < -0.39 is 5.97 Å². The maximum absolute atomic E-state index is 12.0. The fourth-order valence-corrected chi connectivity index (χ4v) is 2.63. The molecular weight excluding hydrogens is 321 g/mol. The largest absolute Gasteiger partial charge is 0.402 e. The highest BCUT2D eigenvalue weighted by Gasteiger charge is 2.25. The Kier molecular flexibility index (Phi) is 4.01. The van der Waals surface area contributed by atoms with Gasteiger partial charge in [-0.2, -0.15) is 0 Å². The number of cyclic esters (lactones) is 1. The van der Waals surface area contributed by atoms with Gasteiger partial charge in [-0.25, -0.2) is 9.79 Å². The van der Waals surface area contributed by atoms with Crippen LogP contribution in [0.25, 0.3) is 6.08 Å². The highest BCUT2D eigenvalue weighted by atomic mass is 35.5. The van der Waals surface area contributed by atoms with Crippen LogP contribution in [-0.2, 0) is 9.53 Å². The van der Waals surface area contributed by atoms with Crippen LogP contribution in [0.2, 0.25) is 10.0 Å². The van der Waals surface area contributed by atoms with E-state index in [0.717, 1.165) is 11.1 Å². The van der Waals surface area contributed by atoms with Crippen LogP contribution < -0.4 is 0 Å². The molecule has 0 N–H and O–H groups in total. The molecule has 5 heteroatoms. The number of nitrogens with zero attached hydrogens (tertiary/aromatic N) is 1. The molecule has 1 heterocycles. The summed E-state index contributed by atoms with van der Waals surface area (Å²) in [6.45, 7) is 1.93. The Morgan fingerprint density at radius 1 is 1.05 bits per heavy atom. The second kappa shape index (κ2) is 5.95. The van der Waals surface area contributed by atoms with E-state index in [1.165, 1.54) is 6.08 Å². The molecule has 1 aliphatic heterocycles. The molecule has 0 radical (unpaired) electrons. The Hall–Kier alpha value is -2.10. The predicted octanol–water partition coefficient (Wildman–Crippen LogP) is 4.65. The Morgan fingerprint density at radius 3 is 2.41 bits per heavy atom. The molecule has 0 spiro atoms. The number of aryl methyl sites for hydroxylation is 1. The van der Waals surface area contributed by atoms with Crippen molar-refractivity contribution in [3.63, 3.8) is 0 Å². The quantitative estimate of drug-likeness (QED) is 0.593. The SMILES string of the molecule is Cc1ccccc1C1=N/C(=C\c2c(Cl)cccc2Cl)C(=O)O1. The van der Waals surface area contributed by atoms with E-state index in [2.05, 4.69) is 4.99 Å². The fraction of sp³-hybridized carbons (Fsp3) is 0.0588. The summed E-state index contributed by atoms with van der Waals surface area (Å²) in [5.41, 5.74) is 2.48. The molecule has 0 saturated carbocycles. The molecule has 0 fully saturated rings. The number of halogens is 2. The van der Waals surface area contributed by atoms with Gasteiger partial charge < -0.3 is 4.74 Å². The summed E-state index contributed by atoms with van der Waals surface area (Å²) in [5, 5.41) is 0.902. The lowest BCUT2D eigenvalue weighted by Crippen LogP contribution is -2.06. The van der Waals surface area contributed by atoms with Gasteiger partial charge in [-0.05, 0) is 36.8 Å². The zero-order chi connectivity index (χ0) is 15.7. The van der Waals surface area contributed by atoms with Crippen molar-refractivity contribution < 1.29 is 9.53 Å². The lowest BCUT2D eigenvalue weighted by atomic mass is 10.1. The average Bonchev–Trinajstić information content (AvgIpc) is 2.84. The van der Waals surface area contributed by atoms with E-state index in [1.54, 1.807) is 18.2 Å². The second-order valence-corrected chi connectivity index (χ2v) is 5.60. The minimum absolute atomic E-state index is 0.174. The van der Waals surface area contributed by atoms with Crippen LogP contribution in [0.15, 0.2) is 53.2 Å². The number of hydrogen-bond donors (Lipinski definition) is 0. The first kappa shape index (κ1) is 14.8. The summed E-state index contributed by atoms with van der Waals surface area (Å²) in [6, 6.07) is 12.7. The molecule has 0 aliphatic carbocycles. The number of rotatable bonds is 2. The van der Waals surface area contributed by atoms with Crippen molar-refractivity contribution in [2.24, 2.45) is 4.99 Å². The molecular formula is C17H11Cl2NO2. The Labute approximate surface area is 137 Å². The molecule has 0 unspecified atom stereocenters. The fourth-order valence-electron chi connectivity index (χ4n) is 2.12. The zero-order valence-corrected chi connectivity index (χ0v) is 13.2. The molecule has 2 aromatic carbocycles. The summed E-state index contributed by atoms with van der Waals surface area (Å²) in [7, 11) is 0. The van der Waals surface area contributed by atoms with Crippen molar-refractivity contribution in [1.29, 1.82) is 0 Å². The van der Waals surface area contributed by atoms with Gasteiger partial charge in [0.25, 0.3) is 0 Å². The van der Waals surface area contributed by atoms with Crippen molar-refractivity contribution in [3.05, 3.63) is 74.9 Å². The molecule has 2 aromatic rings. The number of esters is 1. The summed E-state index contributed by atoms with van der Waals surface area (Å²) in [4.78, 5) is 16.3. The number of hydrogen-bond acceptors (Lipinski definition) is 3. The zero-order valence-electron chi connectivity index (χ0n) is 11.6. The van der Waals surface area contributed by atoms with Gasteiger partial charge >= 0.3 is 5.97 Å². The van der Waals surface area contributed by atoms with E-state index in [-0.39, 0.29) is 11.6 Å². The Morgan fingerprint density at radius 2 is 1.73 bits per heavy atom. The molecule has 110 valence electrons. The molecule has 0 atom stereocenters. The minimum Gasteiger partial charge on any atom is -0.402 e. The van der Waals surface area contributed by atoms with Gasteiger partial charge in [0, 0.05) is 21.2 Å². The van der Waals surface area contributed by atoms with Gasteiger partial charge in [-0.1, -0.05) is 47.5 Å². The van der Waals surface area contributed by atoms with E-state index >= 15 is 0 Å². The van der Waals surface area contributed by atoms with E-state index in [0.29, 0.717) is 15.6 Å². The maximum Gasteiger partial charge on any atom is 0.363 e. The Balaban J connectivity index is 2.04. The maximum atomic E-state index is 12.0. The van der Waals surface area contributed by atoms with Gasteiger partial charge in [0.1, 0.15) is 0 Å². The van der Waals surface area contributed by atoms with Crippen LogP contribution >= 0.6 is 23.2 Å². The number of aliphatic imine (C=N–C) groups is 1. The topological polar surface area (TPSA) is 38.7 Å². The highest BCUT2D eigenvalue weighted by molar-refractivity contribution is 6.37. The molecule has 0 saturated heterocycles. The number of carbonyl (C=O) groups excluding carboxylic acids is 1. The van der Waals surface area contributed by atoms with Crippen molar-refractivity contribution in [3.8, 4) is 0 Å². The summed E-state index contributed by atoms with van der Waals surface area (Å²) in [6.07, 6.45) is 1.54. The number of ether oxygens (including phenoxy) is 1. The van der Waals surface area contributed by atoms with Crippen LogP contribution in [0.4, 0.5) is 0 Å². The lowest BCUT2D eigenvalue weighted by Gasteiger charge is -2.02. The normalized spacial score (nSPS) is 15.9. The van der Waals surface area contributed by atoms with E-state index in [4.69, 9.17) is 27.9 Å². The Bertz CT molecular complexity index is 805. The minimum atomic E-state index is -0.519. The summed E-state index contributed by atoms with van der Waals surface area (Å²) in [5.74, 6) is -0.230. The number of carbonyl (C=O) groups is 1. The number of benzene rings is 2. The molecule has 0 bridgehead atoms. The average molecular weight is 332 g/mol. The van der Waals surface area contributed by atoms with Crippen LogP contribution in [0.5, 0.6) is 0 Å². The van der Waals surface area contributed by atoms with Crippen molar-refractivity contribution in [1.82, 2.24) is 0 Å². The standard InChI is InChI=1S/C17H11Cl2NO2/c1-10-5-2-3-6-11(10)16-20-15(17(21)22-16)9-12-13(18)7-4-8-14(12)19/h2-9H,1H3/b15-9-. The second-order valence-electron chi connectivity index (χ2n) is 4.79. The molecule has 0 aromatic heterocycles. The van der Waals surface area contributed by atoms with Crippen molar-refractivity contribution >= 4 is 41.1 Å². The summed E-state index contributed by atoms with van der Waals surface area (Å²) < 4.78 is 5.25. The first-order valence-corrected chi connectivity index (χ1v) is 7.34. The molecule has 1 aliphatic rings. The van der Waals surface area contributed by atoms with Gasteiger partial charge in [0.05, 0.1) is 0 Å². The van der Waals surface area contributed by atoms with Gasteiger partial charge in [-0.3, -0.25) is 0 Å². The van der Waals surface area contributed by atoms with Crippen LogP contribution in [0.1, 0.15) is 16.7 Å². The molecule has 0 amide bonds.